The molecule has 1 aliphatic rings. The minimum absolute atomic E-state index is 0.220. The van der Waals surface area contributed by atoms with Gasteiger partial charge in [0.1, 0.15) is 12.4 Å². The number of halogens is 2. The molecule has 7 nitrogen and oxygen atoms in total. The fourth-order valence-electron chi connectivity index (χ4n) is 4.38. The highest BCUT2D eigenvalue weighted by molar-refractivity contribution is 9.11. The van der Waals surface area contributed by atoms with Gasteiger partial charge in [0.15, 0.2) is 0 Å². The number of pyridine rings is 1. The van der Waals surface area contributed by atoms with Crippen molar-refractivity contribution in [2.24, 2.45) is 11.3 Å². The summed E-state index contributed by atoms with van der Waals surface area (Å²) in [6, 6.07) is 13.7. The average Bonchev–Trinajstić information content (AvgIpc) is 3.53. The number of nitrogens with one attached hydrogen (secondary N) is 1. The zero-order valence-corrected chi connectivity index (χ0v) is 21.9. The van der Waals surface area contributed by atoms with E-state index in [1.54, 1.807) is 12.4 Å². The molecule has 1 aromatic heterocycles. The van der Waals surface area contributed by atoms with E-state index in [2.05, 4.69) is 36.8 Å². The van der Waals surface area contributed by atoms with Crippen molar-refractivity contribution in [3.63, 3.8) is 0 Å². The van der Waals surface area contributed by atoms with Crippen LogP contribution in [0.4, 0.5) is 0 Å². The zero-order valence-electron chi connectivity index (χ0n) is 18.7. The van der Waals surface area contributed by atoms with Crippen LogP contribution >= 0.6 is 31.9 Å². The molecule has 2 atom stereocenters. The molecular weight excluding hydrogens is 568 g/mol. The number of amides is 1. The summed E-state index contributed by atoms with van der Waals surface area (Å²) in [6.45, 7) is 4.25. The highest BCUT2D eigenvalue weighted by Crippen LogP contribution is 2.56. The molecule has 0 aliphatic heterocycles. The van der Waals surface area contributed by atoms with Crippen LogP contribution in [-0.2, 0) is 27.4 Å². The lowest BCUT2D eigenvalue weighted by Gasteiger charge is -2.18. The molecular formula is C25H24Br2N2O5. The van der Waals surface area contributed by atoms with Crippen molar-refractivity contribution in [2.75, 3.05) is 6.61 Å². The number of para-hydroxylation sites is 1. The predicted octanol–water partition coefficient (Wildman–Crippen LogP) is 5.26. The number of carbonyl (C=O) groups is 2. The smallest absolute Gasteiger partial charge is 0.313 e. The number of hydroxylamine groups is 1. The van der Waals surface area contributed by atoms with E-state index < -0.39 is 23.2 Å². The molecule has 1 saturated carbocycles. The van der Waals surface area contributed by atoms with E-state index in [0.717, 1.165) is 36.7 Å². The van der Waals surface area contributed by atoms with Crippen molar-refractivity contribution in [3.8, 4) is 5.75 Å². The Bertz CT molecular complexity index is 1240. The lowest BCUT2D eigenvalue weighted by molar-refractivity contribution is -0.152. The number of nitrogens with zero attached hydrogens (tertiary/aromatic N) is 1. The van der Waals surface area contributed by atoms with Crippen molar-refractivity contribution in [1.29, 1.82) is 0 Å². The SMILES string of the molecule is CCOC(=O)[C@@]1(Cc2cc(Br)c(OCc3cc(C)nc4ccccc34)c(Br)c2)C[C@@H]1C(=O)NO. The van der Waals surface area contributed by atoms with Crippen LogP contribution < -0.4 is 10.2 Å². The Hall–Kier alpha value is -2.49. The standard InChI is InChI=1S/C25H24Br2N2O5/c1-3-33-24(31)25(12-18(25)23(30)29-32)11-15-9-19(26)22(20(27)10-15)34-13-16-8-14(2)28-21-7-5-4-6-17(16)21/h4-10,18,32H,3,11-13H2,1-2H3,(H,29,30)/t18-,25+/m1/s1. The third-order valence-corrected chi connectivity index (χ3v) is 7.24. The number of esters is 1. The van der Waals surface area contributed by atoms with Crippen LogP contribution in [0.3, 0.4) is 0 Å². The maximum absolute atomic E-state index is 12.7. The number of aryl methyl sites for hydroxylation is 1. The minimum Gasteiger partial charge on any atom is -0.487 e. The van der Waals surface area contributed by atoms with Crippen LogP contribution in [0.25, 0.3) is 10.9 Å². The first-order valence-corrected chi connectivity index (χ1v) is 12.4. The van der Waals surface area contributed by atoms with Crippen molar-refractivity contribution in [3.05, 3.63) is 68.2 Å². The van der Waals surface area contributed by atoms with Crippen LogP contribution in [0, 0.1) is 18.3 Å². The van der Waals surface area contributed by atoms with Crippen LogP contribution in [-0.4, -0.2) is 28.7 Å². The summed E-state index contributed by atoms with van der Waals surface area (Å²) in [7, 11) is 0. The first-order valence-electron chi connectivity index (χ1n) is 10.9. The highest BCUT2D eigenvalue weighted by Gasteiger charge is 2.64. The summed E-state index contributed by atoms with van der Waals surface area (Å²) < 4.78 is 12.8. The quantitative estimate of drug-likeness (QED) is 0.211. The Morgan fingerprint density at radius 1 is 1.21 bits per heavy atom. The Morgan fingerprint density at radius 3 is 2.59 bits per heavy atom. The molecule has 2 N–H and O–H groups in total. The van der Waals surface area contributed by atoms with E-state index >= 15 is 0 Å². The molecule has 1 heterocycles. The molecule has 0 saturated heterocycles. The van der Waals surface area contributed by atoms with Gasteiger partial charge in [-0.15, -0.1) is 0 Å². The topological polar surface area (TPSA) is 97.8 Å². The van der Waals surface area contributed by atoms with Gasteiger partial charge >= 0.3 is 5.97 Å². The Balaban J connectivity index is 1.56. The molecule has 0 spiro atoms. The molecule has 2 aromatic carbocycles. The number of aromatic nitrogens is 1. The van der Waals surface area contributed by atoms with Gasteiger partial charge in [-0.1, -0.05) is 18.2 Å². The maximum Gasteiger partial charge on any atom is 0.313 e. The first kappa shape index (κ1) is 24.6. The third kappa shape index (κ3) is 4.82. The van der Waals surface area contributed by atoms with Crippen molar-refractivity contribution >= 4 is 54.6 Å². The second-order valence-corrected chi connectivity index (χ2v) is 10.1. The van der Waals surface area contributed by atoms with E-state index in [0.29, 0.717) is 25.2 Å². The molecule has 0 bridgehead atoms. The molecule has 1 fully saturated rings. The van der Waals surface area contributed by atoms with Crippen LogP contribution in [0.15, 0.2) is 51.4 Å². The normalized spacial score (nSPS) is 19.0. The highest BCUT2D eigenvalue weighted by atomic mass is 79.9. The van der Waals surface area contributed by atoms with E-state index in [4.69, 9.17) is 14.7 Å². The van der Waals surface area contributed by atoms with Gasteiger partial charge in [-0.3, -0.25) is 19.8 Å². The van der Waals surface area contributed by atoms with Crippen molar-refractivity contribution in [2.45, 2.75) is 33.3 Å². The van der Waals surface area contributed by atoms with Gasteiger partial charge in [0.25, 0.3) is 0 Å². The summed E-state index contributed by atoms with van der Waals surface area (Å²) in [6.07, 6.45) is 0.621. The van der Waals surface area contributed by atoms with Gasteiger partial charge in [-0.2, -0.15) is 0 Å². The van der Waals surface area contributed by atoms with Crippen molar-refractivity contribution < 1.29 is 24.3 Å². The number of carbonyl (C=O) groups excluding carboxylic acids is 2. The molecule has 0 radical (unpaired) electrons. The van der Waals surface area contributed by atoms with Crippen LogP contribution in [0.5, 0.6) is 5.75 Å². The molecule has 9 heteroatoms. The molecule has 1 aliphatic carbocycles. The molecule has 1 amide bonds. The Morgan fingerprint density at radius 2 is 1.91 bits per heavy atom. The summed E-state index contributed by atoms with van der Waals surface area (Å²) in [4.78, 5) is 29.2. The molecule has 34 heavy (non-hydrogen) atoms. The minimum atomic E-state index is -0.989. The largest absolute Gasteiger partial charge is 0.487 e. The average molecular weight is 592 g/mol. The Kier molecular flexibility index (Phi) is 7.25. The molecule has 178 valence electrons. The first-order chi connectivity index (χ1) is 16.3. The number of hydrogen-bond acceptors (Lipinski definition) is 6. The summed E-state index contributed by atoms with van der Waals surface area (Å²) in [5.41, 5.74) is 4.37. The van der Waals surface area contributed by atoms with Gasteiger partial charge in [0.2, 0.25) is 5.91 Å². The van der Waals surface area contributed by atoms with Crippen LogP contribution in [0.1, 0.15) is 30.2 Å². The van der Waals surface area contributed by atoms with Gasteiger partial charge < -0.3 is 9.47 Å². The number of ether oxygens (including phenoxy) is 2. The lowest BCUT2D eigenvalue weighted by Crippen LogP contribution is -2.30. The summed E-state index contributed by atoms with van der Waals surface area (Å²) in [5, 5.41) is 10.1. The predicted molar refractivity (Wildman–Crippen MR) is 133 cm³/mol. The summed E-state index contributed by atoms with van der Waals surface area (Å²) in [5.74, 6) is -1.01. The summed E-state index contributed by atoms with van der Waals surface area (Å²) >= 11 is 7.17. The van der Waals surface area contributed by atoms with E-state index in [1.807, 2.05) is 49.4 Å². The second kappa shape index (κ2) is 10.0. The van der Waals surface area contributed by atoms with E-state index in [1.165, 1.54) is 0 Å². The van der Waals surface area contributed by atoms with E-state index in [9.17, 15) is 9.59 Å². The lowest BCUT2D eigenvalue weighted by atomic mass is 9.93. The monoisotopic (exact) mass is 590 g/mol. The number of rotatable bonds is 8. The van der Waals surface area contributed by atoms with Gasteiger partial charge in [0.05, 0.1) is 32.4 Å². The van der Waals surface area contributed by atoms with Crippen LogP contribution in [0.2, 0.25) is 0 Å². The molecule has 0 unspecified atom stereocenters. The second-order valence-electron chi connectivity index (χ2n) is 8.40. The maximum atomic E-state index is 12.7. The number of fused-ring (bicyclic) bond motifs is 1. The van der Waals surface area contributed by atoms with Gasteiger partial charge in [0, 0.05) is 16.6 Å². The van der Waals surface area contributed by atoms with Gasteiger partial charge in [-0.05, 0) is 88.4 Å². The number of benzene rings is 2. The van der Waals surface area contributed by atoms with Crippen molar-refractivity contribution in [1.82, 2.24) is 10.5 Å². The third-order valence-electron chi connectivity index (χ3n) is 6.06. The van der Waals surface area contributed by atoms with E-state index in [-0.39, 0.29) is 6.61 Å². The Labute approximate surface area is 214 Å². The zero-order chi connectivity index (χ0) is 24.5. The van der Waals surface area contributed by atoms with Gasteiger partial charge in [-0.25, -0.2) is 5.48 Å². The fraction of sp³-hybridized carbons (Fsp3) is 0.320. The molecule has 3 aromatic rings. The molecule has 4 rings (SSSR count). The fourth-order valence-corrected chi connectivity index (χ4v) is 5.89. The number of hydrogen-bond donors (Lipinski definition) is 2.